The van der Waals surface area contributed by atoms with Gasteiger partial charge >= 0.3 is 5.97 Å². The summed E-state index contributed by atoms with van der Waals surface area (Å²) in [4.78, 5) is 31.6. The molecule has 2 aromatic rings. The van der Waals surface area contributed by atoms with Crippen molar-refractivity contribution in [3.05, 3.63) is 88.5 Å². The predicted octanol–water partition coefficient (Wildman–Crippen LogP) is 4.51. The lowest BCUT2D eigenvalue weighted by Crippen LogP contribution is -2.30. The van der Waals surface area contributed by atoms with Crippen LogP contribution in [-0.2, 0) is 4.79 Å². The zero-order chi connectivity index (χ0) is 21.4. The normalized spacial score (nSPS) is 17.0. The van der Waals surface area contributed by atoms with Gasteiger partial charge in [0.1, 0.15) is 4.91 Å². The molecule has 2 heterocycles. The molecule has 31 heavy (non-hydrogen) atoms. The average Bonchev–Trinajstić information content (AvgIpc) is 3.12. The molecular weight excluding hydrogens is 410 g/mol. The molecule has 154 valence electrons. The van der Waals surface area contributed by atoms with Gasteiger partial charge < -0.3 is 15.3 Å². The fourth-order valence-corrected chi connectivity index (χ4v) is 4.80. The van der Waals surface area contributed by atoms with Crippen LogP contribution in [0.15, 0.2) is 87.9 Å². The Labute approximate surface area is 183 Å². The Morgan fingerprint density at radius 3 is 2.61 bits per heavy atom. The second-order valence-electron chi connectivity index (χ2n) is 7.35. The Kier molecular flexibility index (Phi) is 4.95. The molecule has 0 atom stereocenters. The topological polar surface area (TPSA) is 82.0 Å². The van der Waals surface area contributed by atoms with Crippen LogP contribution in [0.1, 0.15) is 16.8 Å². The van der Waals surface area contributed by atoms with Crippen molar-refractivity contribution in [2.45, 2.75) is 6.42 Å². The molecule has 0 fully saturated rings. The van der Waals surface area contributed by atoms with E-state index >= 15 is 0 Å². The number of hydrogen-bond acceptors (Lipinski definition) is 5. The number of nitrogens with zero attached hydrogens (tertiary/aromatic N) is 2. The molecule has 2 N–H and O–H groups in total. The zero-order valence-electron chi connectivity index (χ0n) is 16.5. The van der Waals surface area contributed by atoms with E-state index in [9.17, 15) is 9.59 Å². The number of aliphatic imine (C=N–C) groups is 1. The van der Waals surface area contributed by atoms with Gasteiger partial charge in [0.25, 0.3) is 5.91 Å². The first kappa shape index (κ1) is 19.4. The highest BCUT2D eigenvalue weighted by Gasteiger charge is 2.36. The first-order valence-corrected chi connectivity index (χ1v) is 10.8. The molecule has 3 aliphatic rings. The lowest BCUT2D eigenvalue weighted by molar-refractivity contribution is -0.112. The van der Waals surface area contributed by atoms with E-state index in [1.54, 1.807) is 24.3 Å². The fraction of sp³-hybridized carbons (Fsp3) is 0.125. The first-order valence-electron chi connectivity index (χ1n) is 9.98. The second kappa shape index (κ2) is 7.92. The van der Waals surface area contributed by atoms with Crippen LogP contribution < -0.4 is 5.32 Å². The number of amidine groups is 1. The van der Waals surface area contributed by atoms with E-state index in [4.69, 9.17) is 5.11 Å². The number of fused-ring (bicyclic) bond motifs is 1. The third-order valence-corrected chi connectivity index (χ3v) is 6.43. The number of carboxylic acid groups (broad SMARTS) is 1. The molecule has 1 amide bonds. The van der Waals surface area contributed by atoms with Crippen LogP contribution in [0.25, 0.3) is 11.1 Å². The zero-order valence-corrected chi connectivity index (χ0v) is 17.4. The van der Waals surface area contributed by atoms with Gasteiger partial charge in [-0.2, -0.15) is 0 Å². The lowest BCUT2D eigenvalue weighted by Gasteiger charge is -2.26. The number of allylic oxidation sites excluding steroid dienone is 3. The van der Waals surface area contributed by atoms with Crippen molar-refractivity contribution in [1.82, 2.24) is 4.90 Å². The van der Waals surface area contributed by atoms with Crippen molar-refractivity contribution in [3.63, 3.8) is 0 Å². The molecule has 1 aliphatic carbocycles. The molecule has 0 spiro atoms. The number of nitrogens with one attached hydrogen (secondary N) is 1. The average molecular weight is 430 g/mol. The summed E-state index contributed by atoms with van der Waals surface area (Å²) < 4.78 is 0. The van der Waals surface area contributed by atoms with E-state index in [0.29, 0.717) is 10.6 Å². The van der Waals surface area contributed by atoms with Crippen molar-refractivity contribution < 1.29 is 14.7 Å². The number of thioether (sulfide) groups is 1. The molecule has 0 aromatic heterocycles. The van der Waals surface area contributed by atoms with Gasteiger partial charge in [-0.05, 0) is 59.1 Å². The fourth-order valence-electron chi connectivity index (χ4n) is 3.70. The van der Waals surface area contributed by atoms with Crippen LogP contribution in [0.3, 0.4) is 0 Å². The molecule has 6 nitrogen and oxygen atoms in total. The molecule has 0 unspecified atom stereocenters. The maximum atomic E-state index is 13.2. The second-order valence-corrected chi connectivity index (χ2v) is 8.33. The highest BCUT2D eigenvalue weighted by atomic mass is 32.2. The van der Waals surface area contributed by atoms with Crippen LogP contribution in [0.2, 0.25) is 0 Å². The van der Waals surface area contributed by atoms with Crippen molar-refractivity contribution in [3.8, 4) is 11.1 Å². The van der Waals surface area contributed by atoms with Crippen molar-refractivity contribution in [2.75, 3.05) is 18.4 Å². The molecule has 7 heteroatoms. The number of hydrogen-bond donors (Lipinski definition) is 2. The molecule has 0 saturated carbocycles. The molecule has 5 rings (SSSR count). The highest BCUT2D eigenvalue weighted by molar-refractivity contribution is 8.18. The SMILES string of the molecule is O=C(Nc1cccc(-c2ccc(C(=O)O)cc2)c1)C1=C(C2=CC=C2)N2CCCN=C2S1. The number of carboxylic acids is 1. The van der Waals surface area contributed by atoms with Gasteiger partial charge in [-0.3, -0.25) is 9.79 Å². The summed E-state index contributed by atoms with van der Waals surface area (Å²) in [5, 5.41) is 13.0. The number of benzene rings is 2. The Bertz CT molecular complexity index is 1210. The van der Waals surface area contributed by atoms with E-state index < -0.39 is 5.97 Å². The Morgan fingerprint density at radius 2 is 1.90 bits per heavy atom. The third-order valence-electron chi connectivity index (χ3n) is 5.31. The summed E-state index contributed by atoms with van der Waals surface area (Å²) in [6.45, 7) is 1.66. The molecular formula is C24H19N3O3S. The quantitative estimate of drug-likeness (QED) is 0.731. The number of aromatic carboxylic acids is 1. The van der Waals surface area contributed by atoms with E-state index in [1.807, 2.05) is 42.5 Å². The summed E-state index contributed by atoms with van der Waals surface area (Å²) in [5.74, 6) is -1.11. The predicted molar refractivity (Wildman–Crippen MR) is 123 cm³/mol. The van der Waals surface area contributed by atoms with Gasteiger partial charge in [0.05, 0.1) is 11.3 Å². The summed E-state index contributed by atoms with van der Waals surface area (Å²) in [5.41, 5.74) is 4.69. The minimum atomic E-state index is -0.956. The smallest absolute Gasteiger partial charge is 0.335 e. The Morgan fingerprint density at radius 1 is 1.10 bits per heavy atom. The largest absolute Gasteiger partial charge is 0.478 e. The van der Waals surface area contributed by atoms with E-state index in [2.05, 4.69) is 15.2 Å². The van der Waals surface area contributed by atoms with E-state index in [-0.39, 0.29) is 11.5 Å². The maximum Gasteiger partial charge on any atom is 0.335 e. The summed E-state index contributed by atoms with van der Waals surface area (Å²) >= 11 is 1.43. The number of rotatable bonds is 5. The monoisotopic (exact) mass is 429 g/mol. The number of carbonyl (C=O) groups is 2. The Balaban J connectivity index is 1.40. The Hall–Kier alpha value is -3.58. The van der Waals surface area contributed by atoms with Gasteiger partial charge in [-0.25, -0.2) is 4.79 Å². The van der Waals surface area contributed by atoms with E-state index in [0.717, 1.165) is 47.1 Å². The summed E-state index contributed by atoms with van der Waals surface area (Å²) in [7, 11) is 0. The van der Waals surface area contributed by atoms with Crippen molar-refractivity contribution in [2.24, 2.45) is 4.99 Å². The van der Waals surface area contributed by atoms with Gasteiger partial charge in [-0.15, -0.1) is 0 Å². The number of amides is 1. The number of carbonyl (C=O) groups excluding carboxylic acids is 1. The van der Waals surface area contributed by atoms with Crippen molar-refractivity contribution >= 4 is 34.5 Å². The lowest BCUT2D eigenvalue weighted by atomic mass is 10.0. The number of anilines is 1. The van der Waals surface area contributed by atoms with Crippen LogP contribution in [0.4, 0.5) is 5.69 Å². The molecule has 2 aliphatic heterocycles. The van der Waals surface area contributed by atoms with Gasteiger partial charge in [-0.1, -0.05) is 42.5 Å². The summed E-state index contributed by atoms with van der Waals surface area (Å²) in [6.07, 6.45) is 6.98. The van der Waals surface area contributed by atoms with Crippen molar-refractivity contribution in [1.29, 1.82) is 0 Å². The maximum absolute atomic E-state index is 13.2. The third kappa shape index (κ3) is 3.68. The molecule has 0 radical (unpaired) electrons. The van der Waals surface area contributed by atoms with Crippen LogP contribution in [0, 0.1) is 0 Å². The van der Waals surface area contributed by atoms with Crippen LogP contribution >= 0.6 is 11.8 Å². The highest BCUT2D eigenvalue weighted by Crippen LogP contribution is 2.41. The minimum absolute atomic E-state index is 0.156. The summed E-state index contributed by atoms with van der Waals surface area (Å²) in [6, 6.07) is 14.2. The van der Waals surface area contributed by atoms with Gasteiger partial charge in [0.2, 0.25) is 0 Å². The van der Waals surface area contributed by atoms with Crippen LogP contribution in [-0.4, -0.2) is 40.1 Å². The minimum Gasteiger partial charge on any atom is -0.478 e. The first-order chi connectivity index (χ1) is 15.1. The van der Waals surface area contributed by atoms with Crippen LogP contribution in [0.5, 0.6) is 0 Å². The molecule has 2 aromatic carbocycles. The van der Waals surface area contributed by atoms with Gasteiger partial charge in [0.15, 0.2) is 5.17 Å². The standard InChI is InChI=1S/C24H19N3O3S/c28-22(21-20(16-4-1-5-16)27-13-3-12-25-24(27)31-21)26-19-7-2-6-18(14-19)15-8-10-17(11-9-15)23(29)30/h1-2,4-11,14H,3,12-13H2,(H,26,28)(H,29,30). The molecule has 0 bridgehead atoms. The van der Waals surface area contributed by atoms with E-state index in [1.165, 1.54) is 11.8 Å². The van der Waals surface area contributed by atoms with Gasteiger partial charge in [0, 0.05) is 18.8 Å². The molecule has 0 saturated heterocycles.